The Morgan fingerprint density at radius 3 is 2.43 bits per heavy atom. The number of rotatable bonds is 4. The first kappa shape index (κ1) is 10.4. The van der Waals surface area contributed by atoms with Crippen LogP contribution in [0.4, 0.5) is 8.78 Å². The van der Waals surface area contributed by atoms with Crippen molar-refractivity contribution in [3.63, 3.8) is 0 Å². The summed E-state index contributed by atoms with van der Waals surface area (Å²) in [4.78, 5) is 10.0. The molecule has 0 aliphatic rings. The van der Waals surface area contributed by atoms with Crippen LogP contribution in [-0.4, -0.2) is 23.6 Å². The highest BCUT2D eigenvalue weighted by atomic mass is 19.3. The molecule has 0 radical (unpaired) electrons. The molecule has 3 nitrogen and oxygen atoms in total. The Kier molecular flexibility index (Phi) is 3.01. The van der Waals surface area contributed by atoms with Crippen LogP contribution in [0.15, 0.2) is 30.3 Å². The van der Waals surface area contributed by atoms with Gasteiger partial charge in [-0.3, -0.25) is 0 Å². The van der Waals surface area contributed by atoms with Crippen molar-refractivity contribution >= 4 is 5.97 Å². The second kappa shape index (κ2) is 4.04. The van der Waals surface area contributed by atoms with Crippen molar-refractivity contribution in [1.82, 2.24) is 0 Å². The van der Waals surface area contributed by atoms with Gasteiger partial charge in [0.25, 0.3) is 0 Å². The molecular weight excluding hydrogens is 194 g/mol. The minimum absolute atomic E-state index is 0.216. The van der Waals surface area contributed by atoms with Gasteiger partial charge in [-0.05, 0) is 12.1 Å². The van der Waals surface area contributed by atoms with Crippen LogP contribution in [0.5, 0.6) is 5.75 Å². The van der Waals surface area contributed by atoms with E-state index in [4.69, 9.17) is 5.11 Å². The van der Waals surface area contributed by atoms with E-state index in [0.29, 0.717) is 0 Å². The van der Waals surface area contributed by atoms with Crippen LogP contribution >= 0.6 is 0 Å². The molecule has 1 aromatic carbocycles. The number of hydrogen-bond acceptors (Lipinski definition) is 2. The molecule has 0 atom stereocenters. The molecule has 14 heavy (non-hydrogen) atoms. The lowest BCUT2D eigenvalue weighted by Crippen LogP contribution is -2.35. The van der Waals surface area contributed by atoms with E-state index < -0.39 is 18.5 Å². The smallest absolute Gasteiger partial charge is 0.378 e. The first-order chi connectivity index (χ1) is 6.52. The SMILES string of the molecule is O=C(O)C(F)(F)COc1ccccc1. The van der Waals surface area contributed by atoms with E-state index >= 15 is 0 Å². The molecule has 0 aliphatic heterocycles. The number of hydrogen-bond donors (Lipinski definition) is 1. The number of alkyl halides is 2. The fourth-order valence-electron chi connectivity index (χ4n) is 0.752. The van der Waals surface area contributed by atoms with Crippen molar-refractivity contribution < 1.29 is 23.4 Å². The molecule has 0 unspecified atom stereocenters. The minimum Gasteiger partial charge on any atom is -0.487 e. The van der Waals surface area contributed by atoms with E-state index in [1.165, 1.54) is 12.1 Å². The molecule has 0 spiro atoms. The largest absolute Gasteiger partial charge is 0.487 e. The summed E-state index contributed by atoms with van der Waals surface area (Å²) < 4.78 is 29.6. The zero-order chi connectivity index (χ0) is 10.6. The van der Waals surface area contributed by atoms with Crippen LogP contribution in [-0.2, 0) is 4.79 Å². The summed E-state index contributed by atoms with van der Waals surface area (Å²) in [6.45, 7) is -1.16. The molecule has 0 saturated heterocycles. The zero-order valence-corrected chi connectivity index (χ0v) is 7.11. The Labute approximate surface area is 78.9 Å². The summed E-state index contributed by atoms with van der Waals surface area (Å²) in [5, 5.41) is 8.09. The number of para-hydroxylation sites is 1. The quantitative estimate of drug-likeness (QED) is 0.809. The highest BCUT2D eigenvalue weighted by molar-refractivity contribution is 5.75. The summed E-state index contributed by atoms with van der Waals surface area (Å²) in [5.41, 5.74) is 0. The molecule has 0 bridgehead atoms. The second-order valence-electron chi connectivity index (χ2n) is 2.61. The van der Waals surface area contributed by atoms with Crippen LogP contribution in [0.1, 0.15) is 0 Å². The third kappa shape index (κ3) is 2.69. The van der Waals surface area contributed by atoms with E-state index in [1.807, 2.05) is 0 Å². The lowest BCUT2D eigenvalue weighted by atomic mass is 10.3. The zero-order valence-electron chi connectivity index (χ0n) is 7.11. The average molecular weight is 202 g/mol. The molecule has 0 aliphatic carbocycles. The summed E-state index contributed by atoms with van der Waals surface area (Å²) in [6.07, 6.45) is 0. The van der Waals surface area contributed by atoms with Crippen LogP contribution in [0.25, 0.3) is 0 Å². The van der Waals surface area contributed by atoms with Crippen molar-refractivity contribution in [3.8, 4) is 5.75 Å². The van der Waals surface area contributed by atoms with Crippen molar-refractivity contribution in [3.05, 3.63) is 30.3 Å². The fourth-order valence-corrected chi connectivity index (χ4v) is 0.752. The van der Waals surface area contributed by atoms with Crippen molar-refractivity contribution in [2.24, 2.45) is 0 Å². The highest BCUT2D eigenvalue weighted by Crippen LogP contribution is 2.16. The van der Waals surface area contributed by atoms with Gasteiger partial charge in [0.2, 0.25) is 0 Å². The Hall–Kier alpha value is -1.65. The number of benzene rings is 1. The summed E-state index contributed by atoms with van der Waals surface area (Å²) in [5.74, 6) is -5.82. The highest BCUT2D eigenvalue weighted by Gasteiger charge is 2.39. The minimum atomic E-state index is -3.85. The first-order valence-electron chi connectivity index (χ1n) is 3.81. The molecule has 0 amide bonds. The van der Waals surface area contributed by atoms with Gasteiger partial charge in [-0.2, -0.15) is 8.78 Å². The predicted molar refractivity (Wildman–Crippen MR) is 44.5 cm³/mol. The Morgan fingerprint density at radius 2 is 1.93 bits per heavy atom. The Bertz CT molecular complexity index is 311. The maximum absolute atomic E-state index is 12.5. The lowest BCUT2D eigenvalue weighted by Gasteiger charge is -2.12. The Morgan fingerprint density at radius 1 is 1.36 bits per heavy atom. The molecule has 1 aromatic rings. The van der Waals surface area contributed by atoms with Gasteiger partial charge in [0, 0.05) is 0 Å². The first-order valence-corrected chi connectivity index (χ1v) is 3.81. The molecule has 0 heterocycles. The maximum atomic E-state index is 12.5. The summed E-state index contributed by atoms with van der Waals surface area (Å²) >= 11 is 0. The fraction of sp³-hybridized carbons (Fsp3) is 0.222. The number of aliphatic carboxylic acids is 1. The van der Waals surface area contributed by atoms with Gasteiger partial charge in [0.1, 0.15) is 5.75 Å². The van der Waals surface area contributed by atoms with Gasteiger partial charge in [-0.1, -0.05) is 18.2 Å². The van der Waals surface area contributed by atoms with Gasteiger partial charge < -0.3 is 9.84 Å². The molecule has 76 valence electrons. The third-order valence-corrected chi connectivity index (χ3v) is 1.48. The average Bonchev–Trinajstić information content (AvgIpc) is 2.16. The van der Waals surface area contributed by atoms with Crippen LogP contribution in [0.3, 0.4) is 0 Å². The van der Waals surface area contributed by atoms with Crippen LogP contribution in [0, 0.1) is 0 Å². The van der Waals surface area contributed by atoms with Crippen LogP contribution < -0.4 is 4.74 Å². The molecule has 1 N–H and O–H groups in total. The molecular formula is C9H8F2O3. The number of halogens is 2. The van der Waals surface area contributed by atoms with Crippen LogP contribution in [0.2, 0.25) is 0 Å². The second-order valence-corrected chi connectivity index (χ2v) is 2.61. The summed E-state index contributed by atoms with van der Waals surface area (Å²) in [6, 6.07) is 7.85. The third-order valence-electron chi connectivity index (χ3n) is 1.48. The van der Waals surface area contributed by atoms with E-state index in [0.717, 1.165) is 0 Å². The molecule has 0 saturated carbocycles. The monoisotopic (exact) mass is 202 g/mol. The topological polar surface area (TPSA) is 46.5 Å². The van der Waals surface area contributed by atoms with Gasteiger partial charge in [-0.15, -0.1) is 0 Å². The number of carboxylic acid groups (broad SMARTS) is 1. The normalized spacial score (nSPS) is 11.0. The van der Waals surface area contributed by atoms with E-state index in [2.05, 4.69) is 4.74 Å². The number of ether oxygens (including phenoxy) is 1. The van der Waals surface area contributed by atoms with Gasteiger partial charge >= 0.3 is 11.9 Å². The van der Waals surface area contributed by atoms with Gasteiger partial charge in [0.05, 0.1) is 0 Å². The standard InChI is InChI=1S/C9H8F2O3/c10-9(11,8(12)13)6-14-7-4-2-1-3-5-7/h1-5H,6H2,(H,12,13). The summed E-state index contributed by atoms with van der Waals surface area (Å²) in [7, 11) is 0. The number of carboxylic acids is 1. The van der Waals surface area contributed by atoms with E-state index in [1.54, 1.807) is 18.2 Å². The van der Waals surface area contributed by atoms with E-state index in [9.17, 15) is 13.6 Å². The predicted octanol–water partition coefficient (Wildman–Crippen LogP) is 1.79. The van der Waals surface area contributed by atoms with Crippen molar-refractivity contribution in [2.45, 2.75) is 5.92 Å². The lowest BCUT2D eigenvalue weighted by molar-refractivity contribution is -0.168. The Balaban J connectivity index is 2.53. The molecule has 0 aromatic heterocycles. The van der Waals surface area contributed by atoms with E-state index in [-0.39, 0.29) is 5.75 Å². The maximum Gasteiger partial charge on any atom is 0.378 e. The molecule has 1 rings (SSSR count). The molecule has 5 heteroatoms. The molecule has 0 fully saturated rings. The van der Waals surface area contributed by atoms with Gasteiger partial charge in [0.15, 0.2) is 6.61 Å². The number of carbonyl (C=O) groups is 1. The van der Waals surface area contributed by atoms with Gasteiger partial charge in [-0.25, -0.2) is 4.79 Å². The van der Waals surface area contributed by atoms with Crippen molar-refractivity contribution in [1.29, 1.82) is 0 Å². The van der Waals surface area contributed by atoms with Crippen molar-refractivity contribution in [2.75, 3.05) is 6.61 Å².